The van der Waals surface area contributed by atoms with Gasteiger partial charge in [0.05, 0.1) is 13.2 Å². The largest absolute Gasteiger partial charge is 0.394 e. The van der Waals surface area contributed by atoms with E-state index in [2.05, 4.69) is 0 Å². The molecule has 136 valence electrons. The van der Waals surface area contributed by atoms with Gasteiger partial charge in [-0.2, -0.15) is 0 Å². The minimum atomic E-state index is -1.58. The first-order valence-electron chi connectivity index (χ1n) is 7.08. The van der Waals surface area contributed by atoms with Crippen LogP contribution in [-0.2, 0) is 9.47 Å². The second-order valence-corrected chi connectivity index (χ2v) is 6.73. The second kappa shape index (κ2) is 7.89. The summed E-state index contributed by atoms with van der Waals surface area (Å²) in [4.78, 5) is 0. The Morgan fingerprint density at radius 1 is 0.565 bits per heavy atom. The van der Waals surface area contributed by atoms with E-state index >= 15 is 0 Å². The third-order valence-electron chi connectivity index (χ3n) is 3.97. The first kappa shape index (κ1) is 19.3. The Bertz CT molecular complexity index is 349. The van der Waals surface area contributed by atoms with Crippen LogP contribution in [0.1, 0.15) is 0 Å². The predicted octanol–water partition coefficient (Wildman–Crippen LogP) is -4.68. The molecule has 11 heteroatoms. The molecule has 0 aromatic rings. The van der Waals surface area contributed by atoms with Crippen molar-refractivity contribution in [2.45, 2.75) is 59.7 Å². The highest BCUT2D eigenvalue weighted by Crippen LogP contribution is 2.36. The summed E-state index contributed by atoms with van der Waals surface area (Å²) in [7, 11) is 0. The van der Waals surface area contributed by atoms with Gasteiger partial charge in [-0.1, -0.05) is 11.8 Å². The molecular weight excluding hydrogens is 336 g/mol. The molecule has 0 saturated carbocycles. The van der Waals surface area contributed by atoms with Gasteiger partial charge in [-0.15, -0.1) is 0 Å². The maximum atomic E-state index is 9.94. The summed E-state index contributed by atoms with van der Waals surface area (Å²) in [6.07, 6.45) is -11.5. The highest BCUT2D eigenvalue weighted by atomic mass is 32.2. The zero-order chi connectivity index (χ0) is 17.3. The minimum absolute atomic E-state index is 0.601. The first-order chi connectivity index (χ1) is 10.8. The first-order valence-corrected chi connectivity index (χ1v) is 8.02. The van der Waals surface area contributed by atoms with Crippen LogP contribution in [0.2, 0.25) is 0 Å². The Morgan fingerprint density at radius 2 is 0.913 bits per heavy atom. The lowest BCUT2D eigenvalue weighted by Gasteiger charge is -2.44. The van der Waals surface area contributed by atoms with Gasteiger partial charge in [-0.05, 0) is 0 Å². The Morgan fingerprint density at radius 3 is 1.22 bits per heavy atom. The van der Waals surface area contributed by atoms with Gasteiger partial charge in [-0.3, -0.25) is 0 Å². The molecule has 2 heterocycles. The molecule has 0 aromatic carbocycles. The van der Waals surface area contributed by atoms with Crippen molar-refractivity contribution in [1.82, 2.24) is 0 Å². The molecular formula is C12H22O10S. The molecule has 2 unspecified atom stereocenters. The van der Waals surface area contributed by atoms with E-state index in [1.165, 1.54) is 0 Å². The average molecular weight is 358 g/mol. The fourth-order valence-corrected chi connectivity index (χ4v) is 3.81. The summed E-state index contributed by atoms with van der Waals surface area (Å²) >= 11 is 0.699. The molecule has 2 aliphatic heterocycles. The second-order valence-electron chi connectivity index (χ2n) is 5.53. The topological polar surface area (TPSA) is 180 Å². The lowest BCUT2D eigenvalue weighted by Crippen LogP contribution is -2.60. The number of rotatable bonds is 4. The minimum Gasteiger partial charge on any atom is -0.394 e. The van der Waals surface area contributed by atoms with E-state index in [1.807, 2.05) is 0 Å². The van der Waals surface area contributed by atoms with E-state index in [0.717, 1.165) is 0 Å². The Labute approximate surface area is 135 Å². The number of hydrogen-bond donors (Lipinski definition) is 8. The van der Waals surface area contributed by atoms with Gasteiger partial charge in [0.25, 0.3) is 0 Å². The van der Waals surface area contributed by atoms with Crippen LogP contribution >= 0.6 is 11.8 Å². The zero-order valence-electron chi connectivity index (χ0n) is 12.0. The quantitative estimate of drug-likeness (QED) is 0.242. The third-order valence-corrected chi connectivity index (χ3v) is 5.28. The maximum absolute atomic E-state index is 9.94. The van der Waals surface area contributed by atoms with Crippen LogP contribution in [0.15, 0.2) is 0 Å². The monoisotopic (exact) mass is 358 g/mol. The molecule has 2 fully saturated rings. The highest BCUT2D eigenvalue weighted by molar-refractivity contribution is 8.00. The fourth-order valence-electron chi connectivity index (χ4n) is 2.49. The van der Waals surface area contributed by atoms with Crippen molar-refractivity contribution >= 4 is 11.8 Å². The van der Waals surface area contributed by atoms with Gasteiger partial charge in [-0.25, -0.2) is 0 Å². The maximum Gasteiger partial charge on any atom is 0.134 e. The number of aliphatic hydroxyl groups excluding tert-OH is 8. The van der Waals surface area contributed by atoms with E-state index in [4.69, 9.17) is 19.7 Å². The molecule has 2 rings (SSSR count). The Kier molecular flexibility index (Phi) is 6.61. The summed E-state index contributed by atoms with van der Waals surface area (Å²) in [5.74, 6) is 0. The Balaban J connectivity index is 2.07. The van der Waals surface area contributed by atoms with E-state index in [1.54, 1.807) is 0 Å². The van der Waals surface area contributed by atoms with E-state index in [9.17, 15) is 30.6 Å². The number of hydrogen-bond acceptors (Lipinski definition) is 11. The molecule has 2 saturated heterocycles. The van der Waals surface area contributed by atoms with Crippen molar-refractivity contribution < 1.29 is 50.3 Å². The molecule has 0 spiro atoms. The summed E-state index contributed by atoms with van der Waals surface area (Å²) in [5.41, 5.74) is -2.35. The SMILES string of the molecule is OC[C@H]1OC(SC2O[C@H](CO)[C@@H](O)[C@H](O)[C@@H]2O)[C@@H](O)[C@@H](O)[C@@H]1O. The van der Waals surface area contributed by atoms with E-state index in [-0.39, 0.29) is 0 Å². The van der Waals surface area contributed by atoms with Crippen molar-refractivity contribution in [3.63, 3.8) is 0 Å². The van der Waals surface area contributed by atoms with Crippen molar-refractivity contribution in [2.75, 3.05) is 13.2 Å². The van der Waals surface area contributed by atoms with Gasteiger partial charge in [0.1, 0.15) is 59.7 Å². The van der Waals surface area contributed by atoms with Crippen LogP contribution in [-0.4, -0.2) is 114 Å². The highest BCUT2D eigenvalue weighted by Gasteiger charge is 2.49. The fraction of sp³-hybridized carbons (Fsp3) is 1.00. The molecule has 10 atom stereocenters. The van der Waals surface area contributed by atoms with Crippen molar-refractivity contribution in [3.8, 4) is 0 Å². The predicted molar refractivity (Wildman–Crippen MR) is 75.1 cm³/mol. The van der Waals surface area contributed by atoms with Gasteiger partial charge >= 0.3 is 0 Å². The molecule has 0 bridgehead atoms. The van der Waals surface area contributed by atoms with Crippen LogP contribution in [0.25, 0.3) is 0 Å². The molecule has 8 N–H and O–H groups in total. The van der Waals surface area contributed by atoms with Crippen molar-refractivity contribution in [2.24, 2.45) is 0 Å². The van der Waals surface area contributed by atoms with Crippen LogP contribution in [0.5, 0.6) is 0 Å². The van der Waals surface area contributed by atoms with Crippen molar-refractivity contribution in [3.05, 3.63) is 0 Å². The number of ether oxygens (including phenoxy) is 2. The molecule has 10 nitrogen and oxygen atoms in total. The van der Waals surface area contributed by atoms with Gasteiger partial charge in [0.2, 0.25) is 0 Å². The Hall–Kier alpha value is -0.0500. The molecule has 0 amide bonds. The summed E-state index contributed by atoms with van der Waals surface area (Å²) in [6, 6.07) is 0. The van der Waals surface area contributed by atoms with Gasteiger partial charge in [0, 0.05) is 0 Å². The zero-order valence-corrected chi connectivity index (χ0v) is 12.8. The summed E-state index contributed by atoms with van der Waals surface area (Å²) < 4.78 is 10.5. The lowest BCUT2D eigenvalue weighted by atomic mass is 10.0. The van der Waals surface area contributed by atoms with E-state index in [0.29, 0.717) is 11.8 Å². The van der Waals surface area contributed by atoms with Gasteiger partial charge in [0.15, 0.2) is 0 Å². The smallest absolute Gasteiger partial charge is 0.134 e. The molecule has 0 aromatic heterocycles. The van der Waals surface area contributed by atoms with Crippen LogP contribution in [0.3, 0.4) is 0 Å². The van der Waals surface area contributed by atoms with Crippen LogP contribution in [0, 0.1) is 0 Å². The molecule has 2 aliphatic rings. The normalized spacial score (nSPS) is 51.7. The molecule has 0 aliphatic carbocycles. The lowest BCUT2D eigenvalue weighted by molar-refractivity contribution is -0.214. The van der Waals surface area contributed by atoms with E-state index < -0.39 is 72.9 Å². The number of aliphatic hydroxyl groups is 8. The van der Waals surface area contributed by atoms with Crippen LogP contribution < -0.4 is 0 Å². The third kappa shape index (κ3) is 3.80. The van der Waals surface area contributed by atoms with Crippen molar-refractivity contribution in [1.29, 1.82) is 0 Å². The molecule has 23 heavy (non-hydrogen) atoms. The standard InChI is InChI=1S/C12H22O10S/c13-1-3-5(15)7(17)9(19)11(21-3)23-12-10(20)8(18)6(16)4(2-14)22-12/h3-20H,1-2H2/t3-,4-,5-,6-,7+,8+,9+,10+,11?,12?/m1/s1. The summed E-state index contributed by atoms with van der Waals surface area (Å²) in [6.45, 7) is -1.20. The number of thioether (sulfide) groups is 1. The van der Waals surface area contributed by atoms with Crippen LogP contribution in [0.4, 0.5) is 0 Å². The average Bonchev–Trinajstić information content (AvgIpc) is 2.55. The summed E-state index contributed by atoms with van der Waals surface area (Å²) in [5, 5.41) is 77.0. The van der Waals surface area contributed by atoms with Gasteiger partial charge < -0.3 is 50.3 Å². The molecule has 0 radical (unpaired) electrons.